The van der Waals surface area contributed by atoms with Crippen LogP contribution in [0.15, 0.2) is 24.3 Å². The van der Waals surface area contributed by atoms with Gasteiger partial charge in [0.05, 0.1) is 5.56 Å². The van der Waals surface area contributed by atoms with Crippen molar-refractivity contribution in [2.75, 3.05) is 14.1 Å². The third kappa shape index (κ3) is 3.36. The molecule has 3 heteroatoms. The molecule has 82 valence electrons. The van der Waals surface area contributed by atoms with Crippen LogP contribution in [-0.4, -0.2) is 36.1 Å². The lowest BCUT2D eigenvalue weighted by molar-refractivity contribution is 0.0697. The number of hydrogen-bond donors (Lipinski definition) is 1. The monoisotopic (exact) mass is 207 g/mol. The Bertz CT molecular complexity index is 330. The SMILES string of the molecule is CC(Cc1ccc(C(=O)O)cc1)N(C)C. The number of carboxylic acid groups (broad SMARTS) is 1. The van der Waals surface area contributed by atoms with Gasteiger partial charge in [-0.3, -0.25) is 0 Å². The second kappa shape index (κ2) is 4.94. The summed E-state index contributed by atoms with van der Waals surface area (Å²) in [6.45, 7) is 2.14. The lowest BCUT2D eigenvalue weighted by atomic mass is 10.0. The van der Waals surface area contributed by atoms with Crippen LogP contribution in [0.4, 0.5) is 0 Å². The Morgan fingerprint density at radius 2 is 1.87 bits per heavy atom. The first-order valence-electron chi connectivity index (χ1n) is 4.99. The first-order valence-corrected chi connectivity index (χ1v) is 4.99. The van der Waals surface area contributed by atoms with Crippen LogP contribution in [0.5, 0.6) is 0 Å². The van der Waals surface area contributed by atoms with Gasteiger partial charge >= 0.3 is 5.97 Å². The van der Waals surface area contributed by atoms with Crippen molar-refractivity contribution in [3.8, 4) is 0 Å². The largest absolute Gasteiger partial charge is 0.478 e. The molecular weight excluding hydrogens is 190 g/mol. The first kappa shape index (κ1) is 11.7. The zero-order valence-electron chi connectivity index (χ0n) is 9.40. The molecule has 1 aromatic rings. The van der Waals surface area contributed by atoms with Gasteiger partial charge in [-0.05, 0) is 45.1 Å². The summed E-state index contributed by atoms with van der Waals surface area (Å²) in [5.41, 5.74) is 1.51. The van der Waals surface area contributed by atoms with Crippen molar-refractivity contribution in [3.05, 3.63) is 35.4 Å². The summed E-state index contributed by atoms with van der Waals surface area (Å²) in [6.07, 6.45) is 0.937. The van der Waals surface area contributed by atoms with E-state index in [9.17, 15) is 4.79 Å². The van der Waals surface area contributed by atoms with Crippen LogP contribution in [0.3, 0.4) is 0 Å². The molecule has 1 unspecified atom stereocenters. The van der Waals surface area contributed by atoms with Crippen LogP contribution >= 0.6 is 0 Å². The van der Waals surface area contributed by atoms with Gasteiger partial charge in [-0.1, -0.05) is 12.1 Å². The number of hydrogen-bond acceptors (Lipinski definition) is 2. The molecule has 1 atom stereocenters. The van der Waals surface area contributed by atoms with Crippen molar-refractivity contribution in [3.63, 3.8) is 0 Å². The maximum Gasteiger partial charge on any atom is 0.335 e. The van der Waals surface area contributed by atoms with Gasteiger partial charge in [-0.15, -0.1) is 0 Å². The van der Waals surface area contributed by atoms with Gasteiger partial charge in [-0.2, -0.15) is 0 Å². The van der Waals surface area contributed by atoms with E-state index >= 15 is 0 Å². The van der Waals surface area contributed by atoms with Gasteiger partial charge in [-0.25, -0.2) is 4.79 Å². The van der Waals surface area contributed by atoms with Crippen LogP contribution in [0.1, 0.15) is 22.8 Å². The highest BCUT2D eigenvalue weighted by Crippen LogP contribution is 2.08. The van der Waals surface area contributed by atoms with Crippen molar-refractivity contribution in [1.82, 2.24) is 4.90 Å². The minimum atomic E-state index is -0.873. The van der Waals surface area contributed by atoms with E-state index in [2.05, 4.69) is 11.8 Å². The van der Waals surface area contributed by atoms with Gasteiger partial charge in [0.1, 0.15) is 0 Å². The van der Waals surface area contributed by atoms with Gasteiger partial charge in [0.15, 0.2) is 0 Å². The number of aromatic carboxylic acids is 1. The standard InChI is InChI=1S/C12H17NO2/c1-9(13(2)3)8-10-4-6-11(7-5-10)12(14)15/h4-7,9H,8H2,1-3H3,(H,14,15). The van der Waals surface area contributed by atoms with Crippen LogP contribution < -0.4 is 0 Å². The van der Waals surface area contributed by atoms with Crippen molar-refractivity contribution in [1.29, 1.82) is 0 Å². The Labute approximate surface area is 90.3 Å². The fourth-order valence-electron chi connectivity index (χ4n) is 1.31. The van der Waals surface area contributed by atoms with Gasteiger partial charge < -0.3 is 10.0 Å². The predicted molar refractivity (Wildman–Crippen MR) is 60.3 cm³/mol. The topological polar surface area (TPSA) is 40.5 Å². The van der Waals surface area contributed by atoms with E-state index in [-0.39, 0.29) is 0 Å². The van der Waals surface area contributed by atoms with E-state index < -0.39 is 5.97 Å². The van der Waals surface area contributed by atoms with Gasteiger partial charge in [0, 0.05) is 6.04 Å². The van der Waals surface area contributed by atoms with Crippen LogP contribution in [0.25, 0.3) is 0 Å². The first-order chi connectivity index (χ1) is 7.00. The number of rotatable bonds is 4. The second-order valence-corrected chi connectivity index (χ2v) is 4.02. The molecule has 0 saturated heterocycles. The van der Waals surface area contributed by atoms with E-state index in [0.29, 0.717) is 11.6 Å². The molecule has 1 N–H and O–H groups in total. The average molecular weight is 207 g/mol. The third-order valence-corrected chi connectivity index (χ3v) is 2.61. The molecule has 0 radical (unpaired) electrons. The molecule has 0 saturated carbocycles. The lowest BCUT2D eigenvalue weighted by Gasteiger charge is -2.19. The summed E-state index contributed by atoms with van der Waals surface area (Å²) >= 11 is 0. The summed E-state index contributed by atoms with van der Waals surface area (Å²) in [5, 5.41) is 8.74. The van der Waals surface area contributed by atoms with Crippen molar-refractivity contribution in [2.45, 2.75) is 19.4 Å². The minimum Gasteiger partial charge on any atom is -0.478 e. The lowest BCUT2D eigenvalue weighted by Crippen LogP contribution is -2.26. The van der Waals surface area contributed by atoms with E-state index in [1.807, 2.05) is 26.2 Å². The van der Waals surface area contributed by atoms with Crippen LogP contribution in [0.2, 0.25) is 0 Å². The Morgan fingerprint density at radius 3 is 2.27 bits per heavy atom. The number of benzene rings is 1. The van der Waals surface area contributed by atoms with E-state index in [1.54, 1.807) is 12.1 Å². The maximum absolute atomic E-state index is 10.6. The molecular formula is C12H17NO2. The average Bonchev–Trinajstić information content (AvgIpc) is 2.18. The molecule has 0 fully saturated rings. The zero-order valence-corrected chi connectivity index (χ0v) is 9.40. The molecule has 0 aromatic heterocycles. The van der Waals surface area contributed by atoms with Crippen molar-refractivity contribution in [2.24, 2.45) is 0 Å². The fourth-order valence-corrected chi connectivity index (χ4v) is 1.31. The normalized spacial score (nSPS) is 12.8. The molecule has 1 aromatic carbocycles. The predicted octanol–water partition coefficient (Wildman–Crippen LogP) is 1.88. The Kier molecular flexibility index (Phi) is 3.86. The quantitative estimate of drug-likeness (QED) is 0.819. The van der Waals surface area contributed by atoms with E-state index in [1.165, 1.54) is 5.56 Å². The number of carbonyl (C=O) groups is 1. The Hall–Kier alpha value is -1.35. The minimum absolute atomic E-state index is 0.344. The smallest absolute Gasteiger partial charge is 0.335 e. The molecule has 0 aliphatic heterocycles. The molecule has 0 amide bonds. The highest BCUT2D eigenvalue weighted by atomic mass is 16.4. The number of likely N-dealkylation sites (N-methyl/N-ethyl adjacent to an activating group) is 1. The molecule has 0 bridgehead atoms. The molecule has 15 heavy (non-hydrogen) atoms. The summed E-state index contributed by atoms with van der Waals surface area (Å²) in [7, 11) is 4.08. The fraction of sp³-hybridized carbons (Fsp3) is 0.417. The van der Waals surface area contributed by atoms with Crippen LogP contribution in [0, 0.1) is 0 Å². The van der Waals surface area contributed by atoms with Crippen LogP contribution in [-0.2, 0) is 6.42 Å². The summed E-state index contributed by atoms with van der Waals surface area (Å²) in [4.78, 5) is 12.8. The van der Waals surface area contributed by atoms with Crippen molar-refractivity contribution >= 4 is 5.97 Å². The zero-order chi connectivity index (χ0) is 11.4. The molecule has 0 aliphatic carbocycles. The summed E-state index contributed by atoms with van der Waals surface area (Å²) in [6, 6.07) is 7.52. The molecule has 0 heterocycles. The number of nitrogens with zero attached hydrogens (tertiary/aromatic N) is 1. The highest BCUT2D eigenvalue weighted by Gasteiger charge is 2.06. The van der Waals surface area contributed by atoms with Gasteiger partial charge in [0.2, 0.25) is 0 Å². The molecule has 3 nitrogen and oxygen atoms in total. The highest BCUT2D eigenvalue weighted by molar-refractivity contribution is 5.87. The summed E-state index contributed by atoms with van der Waals surface area (Å²) < 4.78 is 0. The second-order valence-electron chi connectivity index (χ2n) is 4.02. The van der Waals surface area contributed by atoms with Crippen molar-refractivity contribution < 1.29 is 9.90 Å². The molecule has 1 rings (SSSR count). The van der Waals surface area contributed by atoms with Gasteiger partial charge in [0.25, 0.3) is 0 Å². The Balaban J connectivity index is 2.68. The van der Waals surface area contributed by atoms with E-state index in [4.69, 9.17) is 5.11 Å². The Morgan fingerprint density at radius 1 is 1.33 bits per heavy atom. The molecule has 0 aliphatic rings. The number of carboxylic acids is 1. The maximum atomic E-state index is 10.6. The van der Waals surface area contributed by atoms with E-state index in [0.717, 1.165) is 6.42 Å². The summed E-state index contributed by atoms with van der Waals surface area (Å²) in [5.74, 6) is -0.873. The molecule has 0 spiro atoms. The third-order valence-electron chi connectivity index (χ3n) is 2.61.